The molecule has 1 aliphatic rings. The van der Waals surface area contributed by atoms with Gasteiger partial charge in [0.15, 0.2) is 0 Å². The lowest BCUT2D eigenvalue weighted by atomic mass is 9.82. The minimum absolute atomic E-state index is 0.376. The molecule has 0 fully saturated rings. The number of fused-ring (bicyclic) bond motifs is 1. The molecule has 0 radical (unpaired) electrons. The molecule has 2 rings (SSSR count). The number of hydrogen-bond donors (Lipinski definition) is 2. The zero-order chi connectivity index (χ0) is 13.9. The first kappa shape index (κ1) is 14.4. The summed E-state index contributed by atoms with van der Waals surface area (Å²) in [5, 5.41) is 7.18. The Morgan fingerprint density at radius 2 is 2.11 bits per heavy atom. The van der Waals surface area contributed by atoms with Gasteiger partial charge in [-0.3, -0.25) is 0 Å². The molecule has 2 nitrogen and oxygen atoms in total. The second-order valence-corrected chi connectivity index (χ2v) is 6.88. The molecule has 1 unspecified atom stereocenters. The minimum atomic E-state index is 0.376. The van der Waals surface area contributed by atoms with Crippen molar-refractivity contribution in [3.8, 4) is 0 Å². The molecule has 1 aromatic carbocycles. The number of benzene rings is 1. The standard InChI is InChI=1S/C17H28N2/c1-13(17(2,3)4)11-18-12-15-8-5-7-14-9-6-10-19-16(14)15/h5,7-8,13,18-19H,6,9-12H2,1-4H3. The third-order valence-corrected chi connectivity index (χ3v) is 4.41. The van der Waals surface area contributed by atoms with E-state index in [2.05, 4.69) is 56.5 Å². The van der Waals surface area contributed by atoms with Gasteiger partial charge in [-0.25, -0.2) is 0 Å². The number of nitrogens with one attached hydrogen (secondary N) is 2. The fraction of sp³-hybridized carbons (Fsp3) is 0.647. The first-order chi connectivity index (χ1) is 8.98. The van der Waals surface area contributed by atoms with Crippen molar-refractivity contribution < 1.29 is 0 Å². The Kier molecular flexibility index (Phi) is 4.51. The van der Waals surface area contributed by atoms with Crippen molar-refractivity contribution >= 4 is 5.69 Å². The van der Waals surface area contributed by atoms with Gasteiger partial charge in [-0.05, 0) is 41.8 Å². The Bertz CT molecular complexity index is 418. The molecule has 1 aliphatic heterocycles. The van der Waals surface area contributed by atoms with E-state index in [1.165, 1.54) is 29.7 Å². The highest BCUT2D eigenvalue weighted by Gasteiger charge is 2.19. The summed E-state index contributed by atoms with van der Waals surface area (Å²) in [4.78, 5) is 0. The summed E-state index contributed by atoms with van der Waals surface area (Å²) in [5.41, 5.74) is 4.65. The SMILES string of the molecule is CC(CNCc1cccc2c1NCCC2)C(C)(C)C. The predicted octanol–water partition coefficient (Wildman–Crippen LogP) is 3.82. The van der Waals surface area contributed by atoms with E-state index in [0.717, 1.165) is 19.6 Å². The third-order valence-electron chi connectivity index (χ3n) is 4.41. The topological polar surface area (TPSA) is 24.1 Å². The predicted molar refractivity (Wildman–Crippen MR) is 83.6 cm³/mol. The van der Waals surface area contributed by atoms with Crippen molar-refractivity contribution in [1.82, 2.24) is 5.32 Å². The second-order valence-electron chi connectivity index (χ2n) is 6.88. The highest BCUT2D eigenvalue weighted by Crippen LogP contribution is 2.27. The monoisotopic (exact) mass is 260 g/mol. The number of para-hydroxylation sites is 1. The molecule has 2 N–H and O–H groups in total. The van der Waals surface area contributed by atoms with E-state index in [9.17, 15) is 0 Å². The van der Waals surface area contributed by atoms with Crippen molar-refractivity contribution in [3.05, 3.63) is 29.3 Å². The Labute approximate surface area is 118 Å². The molecule has 0 aromatic heterocycles. The van der Waals surface area contributed by atoms with Crippen molar-refractivity contribution in [3.63, 3.8) is 0 Å². The van der Waals surface area contributed by atoms with Crippen LogP contribution < -0.4 is 10.6 Å². The quantitative estimate of drug-likeness (QED) is 0.860. The molecular formula is C17H28N2. The first-order valence-electron chi connectivity index (χ1n) is 7.54. The summed E-state index contributed by atoms with van der Waals surface area (Å²) in [5.74, 6) is 0.681. The van der Waals surface area contributed by atoms with Crippen LogP contribution in [0, 0.1) is 11.3 Å². The van der Waals surface area contributed by atoms with Crippen LogP contribution in [0.2, 0.25) is 0 Å². The van der Waals surface area contributed by atoms with Crippen molar-refractivity contribution in [2.75, 3.05) is 18.4 Å². The number of hydrogen-bond acceptors (Lipinski definition) is 2. The maximum absolute atomic E-state index is 3.62. The van der Waals surface area contributed by atoms with Crippen molar-refractivity contribution in [1.29, 1.82) is 0 Å². The van der Waals surface area contributed by atoms with E-state index >= 15 is 0 Å². The van der Waals surface area contributed by atoms with E-state index in [4.69, 9.17) is 0 Å². The van der Waals surface area contributed by atoms with E-state index < -0.39 is 0 Å². The van der Waals surface area contributed by atoms with Gasteiger partial charge in [-0.1, -0.05) is 45.9 Å². The molecule has 0 saturated heterocycles. The van der Waals surface area contributed by atoms with Gasteiger partial charge in [-0.2, -0.15) is 0 Å². The van der Waals surface area contributed by atoms with Gasteiger partial charge in [0.2, 0.25) is 0 Å². The highest BCUT2D eigenvalue weighted by atomic mass is 14.9. The lowest BCUT2D eigenvalue weighted by Crippen LogP contribution is -2.29. The number of rotatable bonds is 4. The van der Waals surface area contributed by atoms with Gasteiger partial charge >= 0.3 is 0 Å². The molecule has 0 saturated carbocycles. The first-order valence-corrected chi connectivity index (χ1v) is 7.54. The zero-order valence-corrected chi connectivity index (χ0v) is 12.8. The van der Waals surface area contributed by atoms with Gasteiger partial charge in [-0.15, -0.1) is 0 Å². The minimum Gasteiger partial charge on any atom is -0.385 e. The summed E-state index contributed by atoms with van der Waals surface area (Å²) >= 11 is 0. The Morgan fingerprint density at radius 1 is 1.32 bits per heavy atom. The molecule has 106 valence electrons. The van der Waals surface area contributed by atoms with Crippen LogP contribution in [0.4, 0.5) is 5.69 Å². The van der Waals surface area contributed by atoms with Gasteiger partial charge in [0, 0.05) is 18.8 Å². The Balaban J connectivity index is 1.93. The lowest BCUT2D eigenvalue weighted by Gasteiger charge is -2.28. The molecule has 0 amide bonds. The molecular weight excluding hydrogens is 232 g/mol. The van der Waals surface area contributed by atoms with Crippen molar-refractivity contribution in [2.24, 2.45) is 11.3 Å². The van der Waals surface area contributed by atoms with E-state index in [1.807, 2.05) is 0 Å². The normalized spacial score (nSPS) is 16.6. The van der Waals surface area contributed by atoms with Crippen LogP contribution in [0.15, 0.2) is 18.2 Å². The molecule has 0 aliphatic carbocycles. The molecule has 0 spiro atoms. The van der Waals surface area contributed by atoms with Crippen LogP contribution in [0.1, 0.15) is 45.2 Å². The van der Waals surface area contributed by atoms with Gasteiger partial charge in [0.25, 0.3) is 0 Å². The molecule has 2 heteroatoms. The maximum Gasteiger partial charge on any atom is 0.0418 e. The number of aryl methyl sites for hydroxylation is 1. The summed E-state index contributed by atoms with van der Waals surface area (Å²) in [6, 6.07) is 6.69. The lowest BCUT2D eigenvalue weighted by molar-refractivity contribution is 0.252. The van der Waals surface area contributed by atoms with Crippen molar-refractivity contribution in [2.45, 2.75) is 47.1 Å². The maximum atomic E-state index is 3.62. The summed E-state index contributed by atoms with van der Waals surface area (Å²) in [6.07, 6.45) is 2.47. The smallest absolute Gasteiger partial charge is 0.0418 e. The molecule has 19 heavy (non-hydrogen) atoms. The van der Waals surface area contributed by atoms with Gasteiger partial charge in [0.05, 0.1) is 0 Å². The fourth-order valence-corrected chi connectivity index (χ4v) is 2.46. The Morgan fingerprint density at radius 3 is 2.84 bits per heavy atom. The largest absolute Gasteiger partial charge is 0.385 e. The van der Waals surface area contributed by atoms with E-state index in [0.29, 0.717) is 11.3 Å². The van der Waals surface area contributed by atoms with E-state index in [-0.39, 0.29) is 0 Å². The summed E-state index contributed by atoms with van der Waals surface area (Å²) in [6.45, 7) is 12.4. The van der Waals surface area contributed by atoms with Crippen LogP contribution in [-0.2, 0) is 13.0 Å². The molecule has 0 bridgehead atoms. The fourth-order valence-electron chi connectivity index (χ4n) is 2.46. The van der Waals surface area contributed by atoms with Crippen LogP contribution >= 0.6 is 0 Å². The van der Waals surface area contributed by atoms with Crippen LogP contribution in [0.3, 0.4) is 0 Å². The third kappa shape index (κ3) is 3.73. The second kappa shape index (κ2) is 5.96. The van der Waals surface area contributed by atoms with Crippen LogP contribution in [0.5, 0.6) is 0 Å². The highest BCUT2D eigenvalue weighted by molar-refractivity contribution is 5.59. The number of anilines is 1. The zero-order valence-electron chi connectivity index (χ0n) is 12.8. The van der Waals surface area contributed by atoms with Gasteiger partial charge in [0.1, 0.15) is 0 Å². The Hall–Kier alpha value is -1.02. The molecule has 1 heterocycles. The van der Waals surface area contributed by atoms with Crippen LogP contribution in [-0.4, -0.2) is 13.1 Å². The van der Waals surface area contributed by atoms with E-state index in [1.54, 1.807) is 0 Å². The summed E-state index contributed by atoms with van der Waals surface area (Å²) in [7, 11) is 0. The van der Waals surface area contributed by atoms with Crippen LogP contribution in [0.25, 0.3) is 0 Å². The summed E-state index contributed by atoms with van der Waals surface area (Å²) < 4.78 is 0. The average Bonchev–Trinajstić information content (AvgIpc) is 2.38. The van der Waals surface area contributed by atoms with Gasteiger partial charge < -0.3 is 10.6 Å². The average molecular weight is 260 g/mol. The molecule has 1 aromatic rings. The molecule has 1 atom stereocenters.